The van der Waals surface area contributed by atoms with Crippen molar-refractivity contribution in [1.82, 2.24) is 0 Å². The fourth-order valence-electron chi connectivity index (χ4n) is 4.20. The molecule has 3 N–H and O–H groups in total. The zero-order valence-electron chi connectivity index (χ0n) is 10.8. The van der Waals surface area contributed by atoms with Crippen molar-refractivity contribution >= 4 is 0 Å². The first kappa shape index (κ1) is 12.4. The van der Waals surface area contributed by atoms with Gasteiger partial charge in [-0.1, -0.05) is 33.1 Å². The molecule has 0 spiro atoms. The Hall–Kier alpha value is -0.0800. The lowest BCUT2D eigenvalue weighted by Crippen LogP contribution is -2.64. The summed E-state index contributed by atoms with van der Waals surface area (Å²) in [6, 6.07) is 0. The largest absolute Gasteiger partial charge is 0.388 e. The zero-order chi connectivity index (χ0) is 11.8. The average molecular weight is 225 g/mol. The van der Waals surface area contributed by atoms with Crippen molar-refractivity contribution in [3.8, 4) is 0 Å². The molecule has 0 aliphatic heterocycles. The van der Waals surface area contributed by atoms with Crippen molar-refractivity contribution in [3.63, 3.8) is 0 Å². The van der Waals surface area contributed by atoms with E-state index in [2.05, 4.69) is 13.8 Å². The van der Waals surface area contributed by atoms with Crippen LogP contribution in [-0.2, 0) is 0 Å². The molecule has 0 bridgehead atoms. The summed E-state index contributed by atoms with van der Waals surface area (Å²) in [4.78, 5) is 0. The molecule has 2 nitrogen and oxygen atoms in total. The predicted molar refractivity (Wildman–Crippen MR) is 67.1 cm³/mol. The molecule has 2 fully saturated rings. The van der Waals surface area contributed by atoms with Crippen LogP contribution in [0.2, 0.25) is 0 Å². The Labute approximate surface area is 99.6 Å². The maximum absolute atomic E-state index is 10.9. The van der Waals surface area contributed by atoms with Gasteiger partial charge in [0.1, 0.15) is 0 Å². The van der Waals surface area contributed by atoms with Gasteiger partial charge >= 0.3 is 0 Å². The highest BCUT2D eigenvalue weighted by Gasteiger charge is 2.50. The normalized spacial score (nSPS) is 44.2. The minimum atomic E-state index is -0.575. The van der Waals surface area contributed by atoms with E-state index in [9.17, 15) is 5.11 Å². The third kappa shape index (κ3) is 2.14. The first-order valence-electron chi connectivity index (χ1n) is 6.96. The van der Waals surface area contributed by atoms with Gasteiger partial charge in [0, 0.05) is 5.54 Å². The molecule has 2 saturated carbocycles. The van der Waals surface area contributed by atoms with E-state index in [-0.39, 0.29) is 5.54 Å². The van der Waals surface area contributed by atoms with Crippen LogP contribution in [0.4, 0.5) is 0 Å². The maximum Gasteiger partial charge on any atom is 0.0826 e. The smallest absolute Gasteiger partial charge is 0.0826 e. The van der Waals surface area contributed by atoms with Gasteiger partial charge in [-0.15, -0.1) is 0 Å². The molecular formula is C14H27NO. The zero-order valence-corrected chi connectivity index (χ0v) is 10.8. The number of hydrogen-bond acceptors (Lipinski definition) is 2. The standard InChI is InChI=1S/C14H27NO/c1-11-8-12(2)10-13(15,9-11)14(16)6-4-3-5-7-14/h11-12,16H,3-10,15H2,1-2H3. The third-order valence-corrected chi connectivity index (χ3v) is 4.84. The van der Waals surface area contributed by atoms with Crippen LogP contribution in [0.15, 0.2) is 0 Å². The topological polar surface area (TPSA) is 46.2 Å². The van der Waals surface area contributed by atoms with Crippen LogP contribution in [0.25, 0.3) is 0 Å². The molecular weight excluding hydrogens is 198 g/mol. The van der Waals surface area contributed by atoms with Gasteiger partial charge in [-0.25, -0.2) is 0 Å². The Morgan fingerprint density at radius 2 is 1.50 bits per heavy atom. The van der Waals surface area contributed by atoms with Gasteiger partial charge in [-0.05, 0) is 43.9 Å². The number of rotatable bonds is 1. The Bertz CT molecular complexity index is 235. The Kier molecular flexibility index (Phi) is 3.33. The van der Waals surface area contributed by atoms with E-state index in [0.29, 0.717) is 11.8 Å². The van der Waals surface area contributed by atoms with Crippen molar-refractivity contribution in [2.24, 2.45) is 17.6 Å². The van der Waals surface area contributed by atoms with Crippen LogP contribution in [0.1, 0.15) is 65.2 Å². The minimum Gasteiger partial charge on any atom is -0.388 e. The molecule has 0 aromatic carbocycles. The quantitative estimate of drug-likeness (QED) is 0.721. The highest BCUT2D eigenvalue weighted by atomic mass is 16.3. The summed E-state index contributed by atoms with van der Waals surface area (Å²) < 4.78 is 0. The molecule has 2 aliphatic rings. The first-order valence-corrected chi connectivity index (χ1v) is 6.96. The third-order valence-electron chi connectivity index (χ3n) is 4.84. The fourth-order valence-corrected chi connectivity index (χ4v) is 4.20. The molecule has 0 heterocycles. The van der Waals surface area contributed by atoms with Crippen molar-refractivity contribution in [1.29, 1.82) is 0 Å². The van der Waals surface area contributed by atoms with Gasteiger partial charge < -0.3 is 10.8 Å². The molecule has 0 aromatic rings. The van der Waals surface area contributed by atoms with Crippen LogP contribution < -0.4 is 5.73 Å². The van der Waals surface area contributed by atoms with Gasteiger partial charge in [0.05, 0.1) is 5.60 Å². The van der Waals surface area contributed by atoms with E-state index in [1.165, 1.54) is 12.8 Å². The Morgan fingerprint density at radius 3 is 2.00 bits per heavy atom. The summed E-state index contributed by atoms with van der Waals surface area (Å²) >= 11 is 0. The van der Waals surface area contributed by atoms with Crippen LogP contribution in [0.5, 0.6) is 0 Å². The minimum absolute atomic E-state index is 0.315. The van der Waals surface area contributed by atoms with Gasteiger partial charge in [0.25, 0.3) is 0 Å². The second-order valence-corrected chi connectivity index (χ2v) is 6.60. The monoisotopic (exact) mass is 225 g/mol. The lowest BCUT2D eigenvalue weighted by atomic mass is 9.60. The second-order valence-electron chi connectivity index (χ2n) is 6.60. The summed E-state index contributed by atoms with van der Waals surface area (Å²) in [6.45, 7) is 4.56. The van der Waals surface area contributed by atoms with Gasteiger partial charge in [-0.2, -0.15) is 0 Å². The molecule has 0 amide bonds. The summed E-state index contributed by atoms with van der Waals surface area (Å²) in [5.74, 6) is 1.33. The summed E-state index contributed by atoms with van der Waals surface area (Å²) in [7, 11) is 0. The van der Waals surface area contributed by atoms with Crippen LogP contribution in [0.3, 0.4) is 0 Å². The average Bonchev–Trinajstić information content (AvgIpc) is 2.16. The lowest BCUT2D eigenvalue weighted by molar-refractivity contribution is -0.0909. The highest BCUT2D eigenvalue weighted by molar-refractivity contribution is 5.07. The Morgan fingerprint density at radius 1 is 1.00 bits per heavy atom. The number of nitrogens with two attached hydrogens (primary N) is 1. The molecule has 2 heteroatoms. The molecule has 16 heavy (non-hydrogen) atoms. The lowest BCUT2D eigenvalue weighted by Gasteiger charge is -2.52. The van der Waals surface area contributed by atoms with E-state index >= 15 is 0 Å². The predicted octanol–water partition coefficient (Wildman–Crippen LogP) is 2.84. The van der Waals surface area contributed by atoms with E-state index < -0.39 is 5.60 Å². The fraction of sp³-hybridized carbons (Fsp3) is 1.00. The number of aliphatic hydroxyl groups is 1. The summed E-state index contributed by atoms with van der Waals surface area (Å²) in [6.07, 6.45) is 8.70. The molecule has 0 saturated heterocycles. The molecule has 0 radical (unpaired) electrons. The van der Waals surface area contributed by atoms with Crippen molar-refractivity contribution in [3.05, 3.63) is 0 Å². The van der Waals surface area contributed by atoms with Crippen molar-refractivity contribution in [2.45, 2.75) is 76.4 Å². The Balaban J connectivity index is 2.15. The molecule has 2 rings (SSSR count). The van der Waals surface area contributed by atoms with Gasteiger partial charge in [0.2, 0.25) is 0 Å². The SMILES string of the molecule is CC1CC(C)CC(N)(C2(O)CCCCC2)C1. The van der Waals surface area contributed by atoms with Crippen molar-refractivity contribution < 1.29 is 5.11 Å². The molecule has 94 valence electrons. The van der Waals surface area contributed by atoms with E-state index in [4.69, 9.17) is 5.73 Å². The van der Waals surface area contributed by atoms with E-state index in [1.807, 2.05) is 0 Å². The van der Waals surface area contributed by atoms with Gasteiger partial charge in [-0.3, -0.25) is 0 Å². The molecule has 0 aromatic heterocycles. The maximum atomic E-state index is 10.9. The molecule has 2 unspecified atom stereocenters. The highest BCUT2D eigenvalue weighted by Crippen LogP contribution is 2.46. The van der Waals surface area contributed by atoms with Gasteiger partial charge in [0.15, 0.2) is 0 Å². The first-order chi connectivity index (χ1) is 7.45. The van der Waals surface area contributed by atoms with Crippen LogP contribution >= 0.6 is 0 Å². The summed E-state index contributed by atoms with van der Waals surface area (Å²) in [5, 5.41) is 10.9. The van der Waals surface area contributed by atoms with E-state index in [0.717, 1.165) is 38.5 Å². The number of hydrogen-bond donors (Lipinski definition) is 2. The molecule has 2 atom stereocenters. The summed E-state index contributed by atoms with van der Waals surface area (Å²) in [5.41, 5.74) is 5.71. The van der Waals surface area contributed by atoms with Crippen LogP contribution in [-0.4, -0.2) is 16.2 Å². The van der Waals surface area contributed by atoms with E-state index in [1.54, 1.807) is 0 Å². The van der Waals surface area contributed by atoms with Crippen LogP contribution in [0, 0.1) is 11.8 Å². The van der Waals surface area contributed by atoms with Crippen molar-refractivity contribution in [2.75, 3.05) is 0 Å². The second kappa shape index (κ2) is 4.30. The molecule has 2 aliphatic carbocycles.